The van der Waals surface area contributed by atoms with E-state index in [1.54, 1.807) is 17.6 Å². The van der Waals surface area contributed by atoms with Crippen molar-refractivity contribution in [2.75, 3.05) is 0 Å². The van der Waals surface area contributed by atoms with Gasteiger partial charge in [-0.3, -0.25) is 4.79 Å². The number of benzene rings is 1. The van der Waals surface area contributed by atoms with Gasteiger partial charge in [0.1, 0.15) is 0 Å². The first-order chi connectivity index (χ1) is 7.66. The third-order valence-electron chi connectivity index (χ3n) is 2.07. The minimum absolute atomic E-state index is 0.00261. The molecule has 0 amide bonds. The van der Waals surface area contributed by atoms with E-state index in [0.29, 0.717) is 5.02 Å². The molecule has 0 atom stereocenters. The molecule has 1 N–H and O–H groups in total. The van der Waals surface area contributed by atoms with Gasteiger partial charge in [-0.15, -0.1) is 11.3 Å². The lowest BCUT2D eigenvalue weighted by Gasteiger charge is -2.00. The molecule has 16 heavy (non-hydrogen) atoms. The van der Waals surface area contributed by atoms with E-state index < -0.39 is 5.97 Å². The van der Waals surface area contributed by atoms with Gasteiger partial charge >= 0.3 is 5.97 Å². The van der Waals surface area contributed by atoms with E-state index in [1.807, 2.05) is 12.1 Å². The summed E-state index contributed by atoms with van der Waals surface area (Å²) in [4.78, 5) is 15.6. The zero-order valence-corrected chi connectivity index (χ0v) is 9.76. The van der Waals surface area contributed by atoms with Crippen LogP contribution < -0.4 is 0 Å². The summed E-state index contributed by atoms with van der Waals surface area (Å²) < 4.78 is 0. The summed E-state index contributed by atoms with van der Waals surface area (Å²) >= 11 is 7.14. The predicted octanol–water partition coefficient (Wildman–Crippen LogP) is 3.09. The standard InChI is InChI=1S/C11H8ClNO2S/c12-8-3-1-7(2-4-8)11-9(5-10(14)15)16-6-13-11/h1-4,6H,5H2,(H,14,15). The van der Waals surface area contributed by atoms with Crippen molar-refractivity contribution in [2.24, 2.45) is 0 Å². The van der Waals surface area contributed by atoms with Gasteiger partial charge < -0.3 is 5.11 Å². The number of hydrogen-bond donors (Lipinski definition) is 1. The number of halogens is 1. The summed E-state index contributed by atoms with van der Waals surface area (Å²) in [7, 11) is 0. The van der Waals surface area contributed by atoms with Crippen LogP contribution in [0, 0.1) is 0 Å². The molecular weight excluding hydrogens is 246 g/mol. The maximum absolute atomic E-state index is 10.7. The first-order valence-corrected chi connectivity index (χ1v) is 5.82. The molecule has 1 aromatic heterocycles. The van der Waals surface area contributed by atoms with Crippen LogP contribution in [0.15, 0.2) is 29.8 Å². The van der Waals surface area contributed by atoms with Crippen LogP contribution in [0.4, 0.5) is 0 Å². The molecule has 0 aliphatic carbocycles. The van der Waals surface area contributed by atoms with E-state index in [2.05, 4.69) is 4.98 Å². The van der Waals surface area contributed by atoms with Gasteiger partial charge in [-0.05, 0) is 12.1 Å². The molecule has 2 aromatic rings. The Balaban J connectivity index is 2.36. The molecule has 0 bridgehead atoms. The van der Waals surface area contributed by atoms with Gasteiger partial charge in [0.05, 0.1) is 17.6 Å². The molecular formula is C11H8ClNO2S. The highest BCUT2D eigenvalue weighted by Gasteiger charge is 2.11. The van der Waals surface area contributed by atoms with Crippen LogP contribution in [0.25, 0.3) is 11.3 Å². The molecule has 2 rings (SSSR count). The molecule has 1 aromatic carbocycles. The van der Waals surface area contributed by atoms with Crippen molar-refractivity contribution in [1.29, 1.82) is 0 Å². The second-order valence-electron chi connectivity index (χ2n) is 3.20. The van der Waals surface area contributed by atoms with E-state index in [-0.39, 0.29) is 6.42 Å². The Kier molecular flexibility index (Phi) is 3.22. The number of carbonyl (C=O) groups is 1. The van der Waals surface area contributed by atoms with Crippen LogP contribution >= 0.6 is 22.9 Å². The molecule has 3 nitrogen and oxygen atoms in total. The van der Waals surface area contributed by atoms with Gasteiger partial charge in [0.15, 0.2) is 0 Å². The lowest BCUT2D eigenvalue weighted by Crippen LogP contribution is -1.99. The highest BCUT2D eigenvalue weighted by atomic mass is 35.5. The second kappa shape index (κ2) is 4.63. The first kappa shape index (κ1) is 11.1. The van der Waals surface area contributed by atoms with Crippen molar-refractivity contribution in [3.63, 3.8) is 0 Å². The van der Waals surface area contributed by atoms with Crippen LogP contribution in [0.3, 0.4) is 0 Å². The smallest absolute Gasteiger partial charge is 0.308 e. The lowest BCUT2D eigenvalue weighted by molar-refractivity contribution is -0.136. The maximum atomic E-state index is 10.7. The quantitative estimate of drug-likeness (QED) is 0.915. The highest BCUT2D eigenvalue weighted by Crippen LogP contribution is 2.26. The average molecular weight is 254 g/mol. The molecule has 0 saturated carbocycles. The summed E-state index contributed by atoms with van der Waals surface area (Å²) in [6.45, 7) is 0. The van der Waals surface area contributed by atoms with Crippen molar-refractivity contribution in [3.8, 4) is 11.3 Å². The summed E-state index contributed by atoms with van der Waals surface area (Å²) in [5, 5.41) is 9.41. The summed E-state index contributed by atoms with van der Waals surface area (Å²) in [5.74, 6) is -0.848. The van der Waals surface area contributed by atoms with Gasteiger partial charge in [0.25, 0.3) is 0 Å². The summed E-state index contributed by atoms with van der Waals surface area (Å²) in [6, 6.07) is 7.20. The number of thiazole rings is 1. The Morgan fingerprint density at radius 1 is 1.38 bits per heavy atom. The first-order valence-electron chi connectivity index (χ1n) is 4.57. The Labute approximate surface area is 101 Å². The van der Waals surface area contributed by atoms with Crippen molar-refractivity contribution < 1.29 is 9.90 Å². The molecule has 82 valence electrons. The number of hydrogen-bond acceptors (Lipinski definition) is 3. The molecule has 0 fully saturated rings. The minimum Gasteiger partial charge on any atom is -0.481 e. The molecule has 0 radical (unpaired) electrons. The zero-order chi connectivity index (χ0) is 11.5. The number of carboxylic acids is 1. The molecule has 0 aliphatic heterocycles. The largest absolute Gasteiger partial charge is 0.481 e. The monoisotopic (exact) mass is 253 g/mol. The van der Waals surface area contributed by atoms with Crippen molar-refractivity contribution in [2.45, 2.75) is 6.42 Å². The Bertz CT molecular complexity index is 507. The maximum Gasteiger partial charge on any atom is 0.308 e. The van der Waals surface area contributed by atoms with Crippen molar-refractivity contribution in [3.05, 3.63) is 39.7 Å². The number of rotatable bonds is 3. The molecule has 0 unspecified atom stereocenters. The average Bonchev–Trinajstić information content (AvgIpc) is 2.66. The zero-order valence-electron chi connectivity index (χ0n) is 8.18. The van der Waals surface area contributed by atoms with E-state index >= 15 is 0 Å². The normalized spacial score (nSPS) is 10.3. The van der Waals surface area contributed by atoms with Gasteiger partial charge in [-0.2, -0.15) is 0 Å². The Morgan fingerprint density at radius 3 is 2.69 bits per heavy atom. The molecule has 1 heterocycles. The fraction of sp³-hybridized carbons (Fsp3) is 0.0909. The number of aromatic nitrogens is 1. The van der Waals surface area contributed by atoms with Crippen LogP contribution in [-0.4, -0.2) is 16.1 Å². The van der Waals surface area contributed by atoms with Crippen LogP contribution in [0.2, 0.25) is 5.02 Å². The second-order valence-corrected chi connectivity index (χ2v) is 4.58. The molecule has 0 saturated heterocycles. The van der Waals surface area contributed by atoms with Crippen molar-refractivity contribution >= 4 is 28.9 Å². The Morgan fingerprint density at radius 2 is 2.06 bits per heavy atom. The van der Waals surface area contributed by atoms with Crippen LogP contribution in [0.5, 0.6) is 0 Å². The number of carboxylic acid groups (broad SMARTS) is 1. The van der Waals surface area contributed by atoms with Gasteiger partial charge in [0, 0.05) is 15.5 Å². The SMILES string of the molecule is O=C(O)Cc1scnc1-c1ccc(Cl)cc1. The van der Waals surface area contributed by atoms with Crippen LogP contribution in [-0.2, 0) is 11.2 Å². The third kappa shape index (κ3) is 2.40. The van der Waals surface area contributed by atoms with Gasteiger partial charge in [-0.1, -0.05) is 23.7 Å². The topological polar surface area (TPSA) is 50.2 Å². The summed E-state index contributed by atoms with van der Waals surface area (Å²) in [5.41, 5.74) is 3.27. The van der Waals surface area contributed by atoms with E-state index in [4.69, 9.17) is 16.7 Å². The Hall–Kier alpha value is -1.39. The molecule has 0 aliphatic rings. The predicted molar refractivity (Wildman–Crippen MR) is 63.9 cm³/mol. The van der Waals surface area contributed by atoms with E-state index in [0.717, 1.165) is 16.1 Å². The van der Waals surface area contributed by atoms with E-state index in [9.17, 15) is 4.79 Å². The molecule has 5 heteroatoms. The van der Waals surface area contributed by atoms with E-state index in [1.165, 1.54) is 11.3 Å². The number of aliphatic carboxylic acids is 1. The van der Waals surface area contributed by atoms with Crippen LogP contribution in [0.1, 0.15) is 4.88 Å². The highest BCUT2D eigenvalue weighted by molar-refractivity contribution is 7.10. The van der Waals surface area contributed by atoms with Gasteiger partial charge in [-0.25, -0.2) is 4.98 Å². The molecule has 0 spiro atoms. The fourth-order valence-electron chi connectivity index (χ4n) is 1.38. The lowest BCUT2D eigenvalue weighted by atomic mass is 10.1. The summed E-state index contributed by atoms with van der Waals surface area (Å²) in [6.07, 6.45) is 0.00261. The minimum atomic E-state index is -0.848. The van der Waals surface area contributed by atoms with Gasteiger partial charge in [0.2, 0.25) is 0 Å². The van der Waals surface area contributed by atoms with Crippen molar-refractivity contribution in [1.82, 2.24) is 4.98 Å². The fourth-order valence-corrected chi connectivity index (χ4v) is 2.28. The number of nitrogens with zero attached hydrogens (tertiary/aromatic N) is 1. The third-order valence-corrected chi connectivity index (χ3v) is 3.16.